The lowest BCUT2D eigenvalue weighted by Crippen LogP contribution is -2.27. The van der Waals surface area contributed by atoms with E-state index in [1.807, 2.05) is 42.5 Å². The fraction of sp³-hybridized carbons (Fsp3) is 0.389. The Morgan fingerprint density at radius 1 is 1.24 bits per heavy atom. The minimum atomic E-state index is -0.448. The molecule has 1 fully saturated rings. The molecule has 0 amide bonds. The van der Waals surface area contributed by atoms with Crippen molar-refractivity contribution in [2.24, 2.45) is 5.28 Å². The van der Waals surface area contributed by atoms with Crippen molar-refractivity contribution in [1.29, 1.82) is 0 Å². The van der Waals surface area contributed by atoms with E-state index in [1.54, 1.807) is 6.92 Å². The van der Waals surface area contributed by atoms with Crippen LogP contribution >= 0.6 is 0 Å². The number of hydrogen-bond donors (Lipinski definition) is 0. The van der Waals surface area contributed by atoms with Gasteiger partial charge in [0, 0.05) is 0 Å². The Balaban J connectivity index is 1.56. The largest absolute Gasteiger partial charge is 0.569 e. The Kier molecular flexibility index (Phi) is 5.33. The van der Waals surface area contributed by atoms with Crippen molar-refractivity contribution in [2.75, 3.05) is 19.9 Å². The number of hydrogen-bond acceptors (Lipinski definition) is 5. The van der Waals surface area contributed by atoms with Crippen molar-refractivity contribution in [3.8, 4) is 0 Å². The number of fused-ring (bicyclic) bond motifs is 1. The van der Waals surface area contributed by atoms with Crippen LogP contribution in [0.4, 0.5) is 0 Å². The zero-order valence-corrected chi connectivity index (χ0v) is 14.1. The van der Waals surface area contributed by atoms with Crippen LogP contribution < -0.4 is 0 Å². The second-order valence-corrected chi connectivity index (χ2v) is 6.00. The zero-order chi connectivity index (χ0) is 17.6. The minimum absolute atomic E-state index is 0.388. The lowest BCUT2D eigenvalue weighted by Gasteiger charge is -2.13. The smallest absolute Gasteiger partial charge is 0.316 e. The number of nitrogens with zero attached hydrogens (tertiary/aromatic N) is 3. The van der Waals surface area contributed by atoms with Crippen LogP contribution in [0.2, 0.25) is 0 Å². The summed E-state index contributed by atoms with van der Waals surface area (Å²) in [4.78, 5) is 17.5. The summed E-state index contributed by atoms with van der Waals surface area (Å²) in [5.74, 6) is -0.873. The van der Waals surface area contributed by atoms with E-state index in [0.29, 0.717) is 18.1 Å². The Bertz CT molecular complexity index is 767. The van der Waals surface area contributed by atoms with Crippen molar-refractivity contribution in [3.63, 3.8) is 0 Å². The second kappa shape index (κ2) is 7.83. The van der Waals surface area contributed by atoms with Gasteiger partial charge in [0.25, 0.3) is 6.79 Å². The van der Waals surface area contributed by atoms with E-state index in [1.165, 1.54) is 5.01 Å². The lowest BCUT2D eigenvalue weighted by atomic mass is 9.95. The molecule has 3 rings (SSSR count). The monoisotopic (exact) mass is 343 g/mol. The highest BCUT2D eigenvalue weighted by Gasteiger charge is 2.20. The van der Waals surface area contributed by atoms with Gasteiger partial charge >= 0.3 is 5.97 Å². The van der Waals surface area contributed by atoms with Gasteiger partial charge in [-0.15, -0.1) is 5.01 Å². The molecule has 0 N–H and O–H groups in total. The van der Waals surface area contributed by atoms with E-state index in [9.17, 15) is 10.0 Å². The van der Waals surface area contributed by atoms with Gasteiger partial charge < -0.3 is 14.8 Å². The summed E-state index contributed by atoms with van der Waals surface area (Å²) in [5, 5.41) is 18.6. The molecule has 1 saturated heterocycles. The summed E-state index contributed by atoms with van der Waals surface area (Å²) in [6.07, 6.45) is 1.93. The van der Waals surface area contributed by atoms with E-state index in [2.05, 4.69) is 5.28 Å². The van der Waals surface area contributed by atoms with E-state index in [-0.39, 0.29) is 6.79 Å². The molecular formula is C18H21N3O4. The van der Waals surface area contributed by atoms with Gasteiger partial charge in [0.2, 0.25) is 5.28 Å². The molecular weight excluding hydrogens is 322 g/mol. The van der Waals surface area contributed by atoms with Crippen LogP contribution in [0.25, 0.3) is 10.8 Å². The predicted octanol–water partition coefficient (Wildman–Crippen LogP) is 3.35. The Hall–Kier alpha value is -2.83. The SMILES string of the molecule is C[C@H](C(=O)OCO/N=[N+](\[O-])N1CCCC1)c1cccc2ccccc12. The maximum Gasteiger partial charge on any atom is 0.316 e. The molecule has 0 aliphatic carbocycles. The molecule has 0 radical (unpaired) electrons. The first-order chi connectivity index (χ1) is 12.2. The van der Waals surface area contributed by atoms with Gasteiger partial charge in [-0.1, -0.05) is 42.5 Å². The number of rotatable bonds is 6. The van der Waals surface area contributed by atoms with Gasteiger partial charge in [-0.25, -0.2) is 0 Å². The molecule has 1 aliphatic heterocycles. The highest BCUT2D eigenvalue weighted by atomic mass is 16.8. The van der Waals surface area contributed by atoms with E-state index >= 15 is 0 Å². The van der Waals surface area contributed by atoms with Gasteiger partial charge in [0.15, 0.2) is 0 Å². The molecule has 0 saturated carbocycles. The quantitative estimate of drug-likeness (QED) is 0.201. The Morgan fingerprint density at radius 2 is 1.96 bits per heavy atom. The number of ether oxygens (including phenoxy) is 1. The normalized spacial score (nSPS) is 16.0. The summed E-state index contributed by atoms with van der Waals surface area (Å²) in [7, 11) is 0. The van der Waals surface area contributed by atoms with Crippen LogP contribution in [-0.4, -0.2) is 35.8 Å². The Labute approximate surface area is 146 Å². The van der Waals surface area contributed by atoms with Crippen molar-refractivity contribution in [3.05, 3.63) is 53.2 Å². The molecule has 0 spiro atoms. The van der Waals surface area contributed by atoms with E-state index in [4.69, 9.17) is 9.57 Å². The molecule has 0 bridgehead atoms. The van der Waals surface area contributed by atoms with Gasteiger partial charge in [-0.05, 0) is 36.1 Å². The average molecular weight is 343 g/mol. The van der Waals surface area contributed by atoms with Crippen LogP contribution in [0.5, 0.6) is 0 Å². The maximum absolute atomic E-state index is 12.2. The third-order valence-corrected chi connectivity index (χ3v) is 4.35. The molecule has 0 aromatic heterocycles. The van der Waals surface area contributed by atoms with Crippen LogP contribution in [0.3, 0.4) is 0 Å². The number of carbonyl (C=O) groups is 1. The fourth-order valence-electron chi connectivity index (χ4n) is 2.96. The van der Waals surface area contributed by atoms with Crippen LogP contribution in [-0.2, 0) is 14.4 Å². The third kappa shape index (κ3) is 3.99. The standard InChI is InChI=1S/C18H21N3O4/c1-14(16-10-6-8-15-7-2-3-9-17(15)16)18(22)24-13-25-19-21(23)20-11-4-5-12-20/h2-3,6-10,14H,4-5,11-13H2,1H3/b21-19-/t14-/m0/s1. The first-order valence-electron chi connectivity index (χ1n) is 8.36. The molecule has 0 unspecified atom stereocenters. The highest BCUT2D eigenvalue weighted by Crippen LogP contribution is 2.26. The zero-order valence-electron chi connectivity index (χ0n) is 14.1. The summed E-state index contributed by atoms with van der Waals surface area (Å²) in [6, 6.07) is 13.7. The molecule has 25 heavy (non-hydrogen) atoms. The molecule has 2 aromatic carbocycles. The second-order valence-electron chi connectivity index (χ2n) is 6.00. The summed E-state index contributed by atoms with van der Waals surface area (Å²) in [6.45, 7) is 2.72. The van der Waals surface area contributed by atoms with Crippen LogP contribution in [0.1, 0.15) is 31.2 Å². The third-order valence-electron chi connectivity index (χ3n) is 4.35. The van der Waals surface area contributed by atoms with Gasteiger partial charge in [-0.2, -0.15) is 0 Å². The summed E-state index contributed by atoms with van der Waals surface area (Å²) in [5.41, 5.74) is 0.891. The van der Waals surface area contributed by atoms with Crippen LogP contribution in [0, 0.1) is 5.21 Å². The van der Waals surface area contributed by atoms with E-state index in [0.717, 1.165) is 29.2 Å². The fourth-order valence-corrected chi connectivity index (χ4v) is 2.96. The summed E-state index contributed by atoms with van der Waals surface area (Å²) < 4.78 is 5.08. The molecule has 2 aromatic rings. The molecule has 7 nitrogen and oxygen atoms in total. The van der Waals surface area contributed by atoms with Crippen LogP contribution in [0.15, 0.2) is 47.7 Å². The maximum atomic E-state index is 12.2. The molecule has 1 heterocycles. The highest BCUT2D eigenvalue weighted by molar-refractivity contribution is 5.90. The first-order valence-corrected chi connectivity index (χ1v) is 8.36. The number of carbonyl (C=O) groups excluding carboxylic acids is 1. The van der Waals surface area contributed by atoms with Gasteiger partial charge in [0.05, 0.1) is 24.0 Å². The topological polar surface area (TPSA) is 77.2 Å². The minimum Gasteiger partial charge on any atom is -0.569 e. The molecule has 1 atom stereocenters. The van der Waals surface area contributed by atoms with Gasteiger partial charge in [-0.3, -0.25) is 4.79 Å². The molecule has 7 heteroatoms. The lowest BCUT2D eigenvalue weighted by molar-refractivity contribution is -0.708. The van der Waals surface area contributed by atoms with Crippen molar-refractivity contribution < 1.29 is 19.3 Å². The predicted molar refractivity (Wildman–Crippen MR) is 91.3 cm³/mol. The van der Waals surface area contributed by atoms with Crippen molar-refractivity contribution >= 4 is 16.7 Å². The number of hydrazine groups is 1. The van der Waals surface area contributed by atoms with E-state index < -0.39 is 11.9 Å². The average Bonchev–Trinajstić information content (AvgIpc) is 3.18. The Morgan fingerprint density at radius 3 is 2.76 bits per heavy atom. The summed E-state index contributed by atoms with van der Waals surface area (Å²) >= 11 is 0. The van der Waals surface area contributed by atoms with Gasteiger partial charge in [0.1, 0.15) is 0 Å². The number of benzene rings is 2. The molecule has 132 valence electrons. The first kappa shape index (κ1) is 17.0. The van der Waals surface area contributed by atoms with Crippen molar-refractivity contribution in [2.45, 2.75) is 25.7 Å². The van der Waals surface area contributed by atoms with Crippen molar-refractivity contribution in [1.82, 2.24) is 5.01 Å². The number of esters is 1. The molecule has 1 aliphatic rings.